The number of carbonyl (C=O) groups is 1. The van der Waals surface area contributed by atoms with Crippen LogP contribution in [-0.4, -0.2) is 36.4 Å². The molecular weight excluding hydrogens is 396 g/mol. The Morgan fingerprint density at radius 3 is 2.48 bits per heavy atom. The van der Waals surface area contributed by atoms with Crippen LogP contribution >= 0.6 is 0 Å². The second-order valence-electron chi connectivity index (χ2n) is 7.36. The third-order valence-electron chi connectivity index (χ3n) is 4.93. The van der Waals surface area contributed by atoms with Gasteiger partial charge in [-0.1, -0.05) is 24.3 Å². The maximum absolute atomic E-state index is 12.1. The number of nitrogens with zero attached hydrogens (tertiary/aromatic N) is 1. The van der Waals surface area contributed by atoms with Crippen LogP contribution in [0.25, 0.3) is 32.9 Å². The van der Waals surface area contributed by atoms with Crippen molar-refractivity contribution >= 4 is 28.0 Å². The normalized spacial score (nSPS) is 11.3. The van der Waals surface area contributed by atoms with Crippen LogP contribution in [0.4, 0.5) is 4.79 Å². The SMILES string of the molecule is COCc1c(OC(=O)OC(C)C)ncc2[nH]c3cccc(-c4ccc(OC)cc4)c3c12. The highest BCUT2D eigenvalue weighted by Gasteiger charge is 2.20. The number of carbonyl (C=O) groups excluding carboxylic acids is 1. The highest BCUT2D eigenvalue weighted by molar-refractivity contribution is 6.15. The molecule has 0 aliphatic rings. The number of hydrogen-bond acceptors (Lipinski definition) is 6. The molecule has 160 valence electrons. The molecule has 0 aliphatic heterocycles. The van der Waals surface area contributed by atoms with Crippen LogP contribution in [0.15, 0.2) is 48.7 Å². The fraction of sp³-hybridized carbons (Fsp3) is 0.250. The van der Waals surface area contributed by atoms with Gasteiger partial charge in [0.15, 0.2) is 0 Å². The number of benzene rings is 2. The number of pyridine rings is 1. The molecule has 0 aliphatic carbocycles. The molecule has 0 amide bonds. The van der Waals surface area contributed by atoms with Crippen molar-refractivity contribution in [1.82, 2.24) is 9.97 Å². The summed E-state index contributed by atoms with van der Waals surface area (Å²) in [5.41, 5.74) is 4.52. The summed E-state index contributed by atoms with van der Waals surface area (Å²) in [6, 6.07) is 13.9. The number of fused-ring (bicyclic) bond motifs is 3. The van der Waals surface area contributed by atoms with E-state index in [9.17, 15) is 4.79 Å². The van der Waals surface area contributed by atoms with Gasteiger partial charge in [-0.25, -0.2) is 9.78 Å². The molecule has 0 radical (unpaired) electrons. The predicted molar refractivity (Wildman–Crippen MR) is 119 cm³/mol. The van der Waals surface area contributed by atoms with Crippen molar-refractivity contribution in [2.45, 2.75) is 26.6 Å². The van der Waals surface area contributed by atoms with E-state index in [0.29, 0.717) is 5.56 Å². The third-order valence-corrected chi connectivity index (χ3v) is 4.93. The Balaban J connectivity index is 1.93. The first-order valence-electron chi connectivity index (χ1n) is 9.96. The fourth-order valence-corrected chi connectivity index (χ4v) is 3.66. The number of ether oxygens (including phenoxy) is 4. The maximum atomic E-state index is 12.1. The Hall–Kier alpha value is -3.58. The highest BCUT2D eigenvalue weighted by atomic mass is 16.7. The van der Waals surface area contributed by atoms with Gasteiger partial charge in [0.1, 0.15) is 5.75 Å². The molecule has 2 aromatic carbocycles. The van der Waals surface area contributed by atoms with Gasteiger partial charge in [0.25, 0.3) is 0 Å². The lowest BCUT2D eigenvalue weighted by Gasteiger charge is -2.12. The zero-order valence-corrected chi connectivity index (χ0v) is 17.9. The summed E-state index contributed by atoms with van der Waals surface area (Å²) in [6.07, 6.45) is 0.566. The molecule has 0 fully saturated rings. The molecule has 31 heavy (non-hydrogen) atoms. The molecule has 0 unspecified atom stereocenters. The van der Waals surface area contributed by atoms with E-state index in [1.165, 1.54) is 0 Å². The molecule has 0 atom stereocenters. The van der Waals surface area contributed by atoms with Gasteiger partial charge in [0, 0.05) is 23.4 Å². The first kappa shape index (κ1) is 20.7. The quantitative estimate of drug-likeness (QED) is 0.417. The average Bonchev–Trinajstić information content (AvgIpc) is 3.14. The number of aromatic nitrogens is 2. The van der Waals surface area contributed by atoms with Crippen LogP contribution in [0.3, 0.4) is 0 Å². The van der Waals surface area contributed by atoms with Crippen molar-refractivity contribution in [2.75, 3.05) is 14.2 Å². The Kier molecular flexibility index (Phi) is 5.77. The first-order valence-corrected chi connectivity index (χ1v) is 9.96. The summed E-state index contributed by atoms with van der Waals surface area (Å²) in [4.78, 5) is 19.9. The molecule has 0 spiro atoms. The summed E-state index contributed by atoms with van der Waals surface area (Å²) >= 11 is 0. The Bertz CT molecular complexity index is 1230. The molecule has 4 rings (SSSR count). The number of hydrogen-bond donors (Lipinski definition) is 1. The molecule has 1 N–H and O–H groups in total. The molecule has 7 nitrogen and oxygen atoms in total. The van der Waals surface area contributed by atoms with Crippen molar-refractivity contribution in [3.63, 3.8) is 0 Å². The van der Waals surface area contributed by atoms with Crippen LogP contribution in [-0.2, 0) is 16.1 Å². The van der Waals surface area contributed by atoms with Crippen molar-refractivity contribution in [1.29, 1.82) is 0 Å². The second kappa shape index (κ2) is 8.65. The van der Waals surface area contributed by atoms with Crippen LogP contribution < -0.4 is 9.47 Å². The topological polar surface area (TPSA) is 82.7 Å². The van der Waals surface area contributed by atoms with Gasteiger partial charge in [-0.05, 0) is 43.2 Å². The largest absolute Gasteiger partial charge is 0.515 e. The minimum absolute atomic E-state index is 0.172. The van der Waals surface area contributed by atoms with Crippen LogP contribution in [0.5, 0.6) is 11.6 Å². The standard InChI is InChI=1S/C24H24N2O5/c1-14(2)30-24(27)31-23-18(13-28-3)22-20(12-25-23)26-19-7-5-6-17(21(19)22)15-8-10-16(29-4)11-9-15/h5-12,14,26H,13H2,1-4H3. The van der Waals surface area contributed by atoms with Crippen molar-refractivity contribution < 1.29 is 23.7 Å². The third kappa shape index (κ3) is 4.04. The Morgan fingerprint density at radius 2 is 1.81 bits per heavy atom. The lowest BCUT2D eigenvalue weighted by atomic mass is 9.98. The van der Waals surface area contributed by atoms with Gasteiger partial charge >= 0.3 is 6.16 Å². The average molecular weight is 420 g/mol. The molecule has 2 heterocycles. The van der Waals surface area contributed by atoms with Crippen molar-refractivity contribution in [2.24, 2.45) is 0 Å². The van der Waals surface area contributed by atoms with E-state index in [-0.39, 0.29) is 18.6 Å². The van der Waals surface area contributed by atoms with E-state index < -0.39 is 6.16 Å². The Morgan fingerprint density at radius 1 is 1.03 bits per heavy atom. The predicted octanol–water partition coefficient (Wildman–Crippen LogP) is 5.46. The monoisotopic (exact) mass is 420 g/mol. The fourth-order valence-electron chi connectivity index (χ4n) is 3.66. The van der Waals surface area contributed by atoms with E-state index in [2.05, 4.69) is 16.0 Å². The zero-order valence-electron chi connectivity index (χ0n) is 17.9. The summed E-state index contributed by atoms with van der Waals surface area (Å²) in [5.74, 6) is 0.962. The molecule has 0 saturated carbocycles. The van der Waals surface area contributed by atoms with Gasteiger partial charge in [0.2, 0.25) is 5.88 Å². The van der Waals surface area contributed by atoms with Gasteiger partial charge in [-0.2, -0.15) is 0 Å². The number of nitrogens with one attached hydrogen (secondary N) is 1. The van der Waals surface area contributed by atoms with Crippen molar-refractivity contribution in [3.05, 3.63) is 54.2 Å². The van der Waals surface area contributed by atoms with Crippen molar-refractivity contribution in [3.8, 4) is 22.8 Å². The minimum atomic E-state index is -0.797. The number of rotatable bonds is 6. The summed E-state index contributed by atoms with van der Waals surface area (Å²) in [5, 5.41) is 1.89. The summed E-state index contributed by atoms with van der Waals surface area (Å²) < 4.78 is 21.3. The highest BCUT2D eigenvalue weighted by Crippen LogP contribution is 2.39. The maximum Gasteiger partial charge on any atom is 0.515 e. The van der Waals surface area contributed by atoms with Gasteiger partial charge in [0.05, 0.1) is 37.1 Å². The van der Waals surface area contributed by atoms with Crippen LogP contribution in [0.1, 0.15) is 19.4 Å². The summed E-state index contributed by atoms with van der Waals surface area (Å²) in [7, 11) is 3.24. The van der Waals surface area contributed by atoms with Crippen LogP contribution in [0.2, 0.25) is 0 Å². The molecule has 0 bridgehead atoms. The molecule has 4 aromatic rings. The van der Waals surface area contributed by atoms with E-state index >= 15 is 0 Å². The van der Waals surface area contributed by atoms with E-state index in [1.807, 2.05) is 36.4 Å². The number of H-pyrrole nitrogens is 1. The lowest BCUT2D eigenvalue weighted by molar-refractivity contribution is 0.0705. The first-order chi connectivity index (χ1) is 15.0. The van der Waals surface area contributed by atoms with Gasteiger partial charge in [-0.3, -0.25) is 0 Å². The van der Waals surface area contributed by atoms with E-state index in [1.54, 1.807) is 34.3 Å². The van der Waals surface area contributed by atoms with E-state index in [4.69, 9.17) is 18.9 Å². The second-order valence-corrected chi connectivity index (χ2v) is 7.36. The summed E-state index contributed by atoms with van der Waals surface area (Å²) in [6.45, 7) is 3.74. The molecule has 0 saturated heterocycles. The molecular formula is C24H24N2O5. The zero-order chi connectivity index (χ0) is 22.0. The lowest BCUT2D eigenvalue weighted by Crippen LogP contribution is -2.17. The Labute approximate surface area is 179 Å². The molecule has 2 aromatic heterocycles. The van der Waals surface area contributed by atoms with Gasteiger partial charge < -0.3 is 23.9 Å². The smallest absolute Gasteiger partial charge is 0.497 e. The van der Waals surface area contributed by atoms with Crippen LogP contribution in [0, 0.1) is 0 Å². The molecule has 7 heteroatoms. The number of aromatic amines is 1. The minimum Gasteiger partial charge on any atom is -0.497 e. The number of methoxy groups -OCH3 is 2. The van der Waals surface area contributed by atoms with Gasteiger partial charge in [-0.15, -0.1) is 0 Å². The van der Waals surface area contributed by atoms with E-state index in [0.717, 1.165) is 38.7 Å².